The fourth-order valence-corrected chi connectivity index (χ4v) is 2.73. The van der Waals surface area contributed by atoms with Crippen molar-refractivity contribution in [2.75, 3.05) is 13.2 Å². The van der Waals surface area contributed by atoms with E-state index in [4.69, 9.17) is 32.7 Å². The summed E-state index contributed by atoms with van der Waals surface area (Å²) in [7, 11) is 0. The second-order valence-corrected chi connectivity index (χ2v) is 6.90. The van der Waals surface area contributed by atoms with Crippen molar-refractivity contribution in [3.63, 3.8) is 0 Å². The first-order valence-corrected chi connectivity index (χ1v) is 9.22. The predicted molar refractivity (Wildman–Crippen MR) is 105 cm³/mol. The summed E-state index contributed by atoms with van der Waals surface area (Å²) in [6.07, 6.45) is -0.917. The lowest BCUT2D eigenvalue weighted by molar-refractivity contribution is -0.154. The van der Waals surface area contributed by atoms with Gasteiger partial charge in [-0.1, -0.05) is 60.5 Å². The molecule has 1 amide bonds. The number of hydrogen-bond donors (Lipinski definition) is 1. The molecule has 0 aliphatic heterocycles. The van der Waals surface area contributed by atoms with Gasteiger partial charge in [-0.15, -0.1) is 0 Å². The highest BCUT2D eigenvalue weighted by molar-refractivity contribution is 6.35. The number of nitrogens with one attached hydrogen (secondary N) is 1. The van der Waals surface area contributed by atoms with Gasteiger partial charge in [0.05, 0.1) is 5.02 Å². The maximum atomic E-state index is 12.0. The smallest absolute Gasteiger partial charge is 0.347 e. The summed E-state index contributed by atoms with van der Waals surface area (Å²) in [5, 5.41) is 3.50. The Morgan fingerprint density at radius 1 is 1.07 bits per heavy atom. The van der Waals surface area contributed by atoms with Gasteiger partial charge in [0.15, 0.2) is 12.7 Å². The van der Waals surface area contributed by atoms with Crippen molar-refractivity contribution in [2.24, 2.45) is 0 Å². The van der Waals surface area contributed by atoms with Crippen LogP contribution in [0.1, 0.15) is 25.3 Å². The van der Waals surface area contributed by atoms with Gasteiger partial charge in [0.1, 0.15) is 5.75 Å². The van der Waals surface area contributed by atoms with Crippen molar-refractivity contribution in [3.8, 4) is 5.75 Å². The molecule has 0 fully saturated rings. The zero-order valence-corrected chi connectivity index (χ0v) is 16.6. The van der Waals surface area contributed by atoms with Gasteiger partial charge in [0.25, 0.3) is 5.91 Å². The van der Waals surface area contributed by atoms with E-state index in [0.29, 0.717) is 17.3 Å². The molecule has 27 heavy (non-hydrogen) atoms. The van der Waals surface area contributed by atoms with Gasteiger partial charge < -0.3 is 14.8 Å². The SMILES string of the molecule is C[C@H](CNC(=O)COC(=O)[C@@H](C)Oc1ccc(Cl)cc1Cl)c1ccccc1. The zero-order valence-electron chi connectivity index (χ0n) is 15.1. The van der Waals surface area contributed by atoms with Crippen LogP contribution in [0.2, 0.25) is 10.0 Å². The van der Waals surface area contributed by atoms with E-state index in [1.807, 2.05) is 37.3 Å². The minimum absolute atomic E-state index is 0.153. The number of ether oxygens (including phenoxy) is 2. The van der Waals surface area contributed by atoms with E-state index in [0.717, 1.165) is 5.56 Å². The molecule has 0 radical (unpaired) electrons. The standard InChI is InChI=1S/C20H21Cl2NO4/c1-13(15-6-4-3-5-7-15)11-23-19(24)12-26-20(25)14(2)27-18-9-8-16(21)10-17(18)22/h3-10,13-14H,11-12H2,1-2H3,(H,23,24)/t13-,14-/m1/s1. The maximum absolute atomic E-state index is 12.0. The van der Waals surface area contributed by atoms with Crippen LogP contribution in [0.5, 0.6) is 5.75 Å². The van der Waals surface area contributed by atoms with Crippen LogP contribution in [-0.4, -0.2) is 31.1 Å². The second-order valence-electron chi connectivity index (χ2n) is 6.06. The molecule has 2 aromatic carbocycles. The van der Waals surface area contributed by atoms with Crippen LogP contribution in [0.25, 0.3) is 0 Å². The summed E-state index contributed by atoms with van der Waals surface area (Å²) < 4.78 is 10.4. The number of hydrogen-bond acceptors (Lipinski definition) is 4. The van der Waals surface area contributed by atoms with E-state index < -0.39 is 12.1 Å². The third-order valence-corrected chi connectivity index (χ3v) is 4.38. The van der Waals surface area contributed by atoms with Gasteiger partial charge in [0, 0.05) is 11.6 Å². The molecule has 0 aliphatic carbocycles. The normalized spacial score (nSPS) is 12.7. The van der Waals surface area contributed by atoms with E-state index in [2.05, 4.69) is 5.32 Å². The Morgan fingerprint density at radius 3 is 2.44 bits per heavy atom. The monoisotopic (exact) mass is 409 g/mol. The summed E-state index contributed by atoms with van der Waals surface area (Å²) in [4.78, 5) is 23.9. The van der Waals surface area contributed by atoms with Crippen LogP contribution >= 0.6 is 23.2 Å². The molecule has 0 spiro atoms. The molecule has 5 nitrogen and oxygen atoms in total. The first kappa shape index (κ1) is 21.1. The zero-order chi connectivity index (χ0) is 19.8. The van der Waals surface area contributed by atoms with Crippen molar-refractivity contribution in [1.29, 1.82) is 0 Å². The van der Waals surface area contributed by atoms with E-state index in [-0.39, 0.29) is 23.5 Å². The molecular weight excluding hydrogens is 389 g/mol. The van der Waals surface area contributed by atoms with Crippen LogP contribution in [0, 0.1) is 0 Å². The van der Waals surface area contributed by atoms with Crippen molar-refractivity contribution < 1.29 is 19.1 Å². The predicted octanol–water partition coefficient (Wildman–Crippen LogP) is 4.22. The molecule has 0 unspecified atom stereocenters. The number of carbonyl (C=O) groups excluding carboxylic acids is 2. The Morgan fingerprint density at radius 2 is 1.78 bits per heavy atom. The van der Waals surface area contributed by atoms with Crippen molar-refractivity contribution in [2.45, 2.75) is 25.9 Å². The Balaban J connectivity index is 1.74. The van der Waals surface area contributed by atoms with Gasteiger partial charge in [0.2, 0.25) is 0 Å². The third-order valence-electron chi connectivity index (χ3n) is 3.85. The summed E-state index contributed by atoms with van der Waals surface area (Å²) in [6.45, 7) is 3.60. The Labute approximate surface area is 168 Å². The molecule has 144 valence electrons. The third kappa shape index (κ3) is 6.77. The number of benzene rings is 2. The highest BCUT2D eigenvalue weighted by atomic mass is 35.5. The molecule has 2 atom stereocenters. The number of carbonyl (C=O) groups is 2. The van der Waals surface area contributed by atoms with Crippen LogP contribution < -0.4 is 10.1 Å². The molecule has 0 saturated carbocycles. The molecule has 2 aromatic rings. The van der Waals surface area contributed by atoms with E-state index >= 15 is 0 Å². The molecule has 0 aliphatic rings. The summed E-state index contributed by atoms with van der Waals surface area (Å²) in [5.41, 5.74) is 1.12. The Kier molecular flexibility index (Phi) is 7.95. The summed E-state index contributed by atoms with van der Waals surface area (Å²) in [5.74, 6) is -0.568. The van der Waals surface area contributed by atoms with Crippen LogP contribution in [-0.2, 0) is 14.3 Å². The highest BCUT2D eigenvalue weighted by Crippen LogP contribution is 2.28. The van der Waals surface area contributed by atoms with Gasteiger partial charge in [-0.2, -0.15) is 0 Å². The van der Waals surface area contributed by atoms with Crippen LogP contribution in [0.3, 0.4) is 0 Å². The maximum Gasteiger partial charge on any atom is 0.347 e. The first-order valence-electron chi connectivity index (χ1n) is 8.46. The molecular formula is C20H21Cl2NO4. The van der Waals surface area contributed by atoms with Crippen molar-refractivity contribution in [3.05, 3.63) is 64.1 Å². The van der Waals surface area contributed by atoms with E-state index in [1.54, 1.807) is 12.1 Å². The van der Waals surface area contributed by atoms with Gasteiger partial charge >= 0.3 is 5.97 Å². The summed E-state index contributed by atoms with van der Waals surface area (Å²) >= 11 is 11.8. The molecule has 1 N–H and O–H groups in total. The van der Waals surface area contributed by atoms with Gasteiger partial charge in [-0.3, -0.25) is 4.79 Å². The van der Waals surface area contributed by atoms with Crippen molar-refractivity contribution >= 4 is 35.1 Å². The highest BCUT2D eigenvalue weighted by Gasteiger charge is 2.19. The molecule has 0 aromatic heterocycles. The minimum Gasteiger partial charge on any atom is -0.477 e. The fraction of sp³-hybridized carbons (Fsp3) is 0.300. The second kappa shape index (κ2) is 10.2. The van der Waals surface area contributed by atoms with Crippen molar-refractivity contribution in [1.82, 2.24) is 5.32 Å². The number of rotatable bonds is 8. The number of amides is 1. The molecule has 0 heterocycles. The number of esters is 1. The Bertz CT molecular complexity index is 783. The first-order chi connectivity index (χ1) is 12.9. The topological polar surface area (TPSA) is 64.6 Å². The minimum atomic E-state index is -0.917. The lowest BCUT2D eigenvalue weighted by Crippen LogP contribution is -2.34. The van der Waals surface area contributed by atoms with E-state index in [9.17, 15) is 9.59 Å². The average Bonchev–Trinajstić information content (AvgIpc) is 2.66. The largest absolute Gasteiger partial charge is 0.477 e. The van der Waals surface area contributed by atoms with Crippen LogP contribution in [0.4, 0.5) is 0 Å². The molecule has 0 bridgehead atoms. The molecule has 7 heteroatoms. The molecule has 0 saturated heterocycles. The van der Waals surface area contributed by atoms with E-state index in [1.165, 1.54) is 13.0 Å². The lowest BCUT2D eigenvalue weighted by Gasteiger charge is -2.16. The molecule has 2 rings (SSSR count). The van der Waals surface area contributed by atoms with Crippen LogP contribution in [0.15, 0.2) is 48.5 Å². The van der Waals surface area contributed by atoms with Gasteiger partial charge in [-0.05, 0) is 36.6 Å². The van der Waals surface area contributed by atoms with Gasteiger partial charge in [-0.25, -0.2) is 4.79 Å². The lowest BCUT2D eigenvalue weighted by atomic mass is 10.0. The summed E-state index contributed by atoms with van der Waals surface area (Å²) in [6, 6.07) is 14.5. The quantitative estimate of drug-likeness (QED) is 0.662. The number of halogens is 2. The fourth-order valence-electron chi connectivity index (χ4n) is 2.28. The Hall–Kier alpha value is -2.24. The average molecular weight is 410 g/mol.